The van der Waals surface area contributed by atoms with E-state index in [4.69, 9.17) is 11.6 Å². The fourth-order valence-electron chi connectivity index (χ4n) is 3.03. The molecule has 1 saturated heterocycles. The topological polar surface area (TPSA) is 83.4 Å². The SMILES string of the molecule is O=C1C(=O)N(c2nncs2)C(c2ccc(Cl)cc2)C1=C(O)c1ccc(F)cc1. The molecule has 9 heteroatoms. The number of halogens is 2. The predicted octanol–water partition coefficient (Wildman–Crippen LogP) is 3.96. The number of anilines is 1. The first-order chi connectivity index (χ1) is 13.5. The molecule has 2 heterocycles. The molecule has 1 N–H and O–H groups in total. The first-order valence-electron chi connectivity index (χ1n) is 8.06. The zero-order valence-electron chi connectivity index (χ0n) is 14.0. The average Bonchev–Trinajstić information content (AvgIpc) is 3.30. The number of carbonyl (C=O) groups excluding carboxylic acids is 2. The number of nitrogens with zero attached hydrogens (tertiary/aromatic N) is 3. The van der Waals surface area contributed by atoms with Gasteiger partial charge in [0.15, 0.2) is 0 Å². The van der Waals surface area contributed by atoms with Crippen LogP contribution < -0.4 is 4.90 Å². The van der Waals surface area contributed by atoms with Gasteiger partial charge in [0.25, 0.3) is 5.78 Å². The number of aliphatic hydroxyl groups excluding tert-OH is 1. The lowest BCUT2D eigenvalue weighted by Gasteiger charge is -2.22. The summed E-state index contributed by atoms with van der Waals surface area (Å²) >= 11 is 7.05. The molecule has 140 valence electrons. The van der Waals surface area contributed by atoms with Gasteiger partial charge in [0.05, 0.1) is 11.6 Å². The van der Waals surface area contributed by atoms with Crippen LogP contribution in [0.4, 0.5) is 9.52 Å². The van der Waals surface area contributed by atoms with Crippen molar-refractivity contribution in [3.63, 3.8) is 0 Å². The summed E-state index contributed by atoms with van der Waals surface area (Å²) in [4.78, 5) is 26.7. The van der Waals surface area contributed by atoms with E-state index in [2.05, 4.69) is 10.2 Å². The van der Waals surface area contributed by atoms with E-state index < -0.39 is 29.3 Å². The molecule has 1 aromatic heterocycles. The predicted molar refractivity (Wildman–Crippen MR) is 103 cm³/mol. The van der Waals surface area contributed by atoms with Crippen LogP contribution in [0.2, 0.25) is 5.02 Å². The first-order valence-corrected chi connectivity index (χ1v) is 9.31. The summed E-state index contributed by atoms with van der Waals surface area (Å²) in [5, 5.41) is 19.1. The molecule has 0 saturated carbocycles. The Kier molecular flexibility index (Phi) is 4.66. The molecule has 1 amide bonds. The van der Waals surface area contributed by atoms with Crippen LogP contribution in [-0.4, -0.2) is 27.0 Å². The molecule has 3 aromatic rings. The number of carbonyl (C=O) groups is 2. The van der Waals surface area contributed by atoms with Crippen molar-refractivity contribution >= 4 is 45.5 Å². The van der Waals surface area contributed by atoms with Gasteiger partial charge in [-0.1, -0.05) is 35.1 Å². The fraction of sp³-hybridized carbons (Fsp3) is 0.0526. The lowest BCUT2D eigenvalue weighted by Crippen LogP contribution is -2.29. The van der Waals surface area contributed by atoms with Crippen LogP contribution in [0.15, 0.2) is 59.6 Å². The third-order valence-corrected chi connectivity index (χ3v) is 5.24. The van der Waals surface area contributed by atoms with E-state index in [1.165, 1.54) is 22.5 Å². The summed E-state index contributed by atoms with van der Waals surface area (Å²) in [6.07, 6.45) is 0. The Morgan fingerprint density at radius 2 is 1.79 bits per heavy atom. The van der Waals surface area contributed by atoms with Crippen molar-refractivity contribution in [3.8, 4) is 0 Å². The first kappa shape index (κ1) is 18.3. The minimum Gasteiger partial charge on any atom is -0.507 e. The molecule has 0 radical (unpaired) electrons. The molecule has 1 aliphatic heterocycles. The summed E-state index contributed by atoms with van der Waals surface area (Å²) in [5.74, 6) is -2.58. The maximum Gasteiger partial charge on any atom is 0.301 e. The maximum absolute atomic E-state index is 13.2. The van der Waals surface area contributed by atoms with Gasteiger partial charge in [-0.3, -0.25) is 14.5 Å². The second-order valence-corrected chi connectivity index (χ2v) is 7.20. The highest BCUT2D eigenvalue weighted by Crippen LogP contribution is 2.42. The van der Waals surface area contributed by atoms with E-state index in [0.29, 0.717) is 10.6 Å². The molecule has 28 heavy (non-hydrogen) atoms. The van der Waals surface area contributed by atoms with Crippen LogP contribution >= 0.6 is 22.9 Å². The quantitative estimate of drug-likeness (QED) is 0.397. The molecule has 0 spiro atoms. The summed E-state index contributed by atoms with van der Waals surface area (Å²) in [5.41, 5.74) is 2.10. The minimum atomic E-state index is -0.921. The number of aromatic nitrogens is 2. The van der Waals surface area contributed by atoms with Crippen molar-refractivity contribution in [3.05, 3.63) is 81.6 Å². The van der Waals surface area contributed by atoms with Crippen LogP contribution in [0.5, 0.6) is 0 Å². The summed E-state index contributed by atoms with van der Waals surface area (Å²) in [6.45, 7) is 0. The minimum absolute atomic E-state index is 0.117. The maximum atomic E-state index is 13.2. The Hall–Kier alpha value is -3.10. The Bertz CT molecular complexity index is 1080. The largest absolute Gasteiger partial charge is 0.507 e. The number of rotatable bonds is 3. The molecule has 4 rings (SSSR count). The van der Waals surface area contributed by atoms with Crippen molar-refractivity contribution in [1.82, 2.24) is 10.2 Å². The van der Waals surface area contributed by atoms with E-state index in [1.54, 1.807) is 24.3 Å². The molecule has 6 nitrogen and oxygen atoms in total. The van der Waals surface area contributed by atoms with Crippen LogP contribution in [-0.2, 0) is 9.59 Å². The van der Waals surface area contributed by atoms with Crippen molar-refractivity contribution in [2.45, 2.75) is 6.04 Å². The van der Waals surface area contributed by atoms with Crippen LogP contribution in [0.1, 0.15) is 17.2 Å². The number of amides is 1. The van der Waals surface area contributed by atoms with Gasteiger partial charge in [-0.15, -0.1) is 10.2 Å². The van der Waals surface area contributed by atoms with E-state index in [9.17, 15) is 19.1 Å². The highest BCUT2D eigenvalue weighted by molar-refractivity contribution is 7.13. The lowest BCUT2D eigenvalue weighted by molar-refractivity contribution is -0.132. The van der Waals surface area contributed by atoms with Crippen molar-refractivity contribution < 1.29 is 19.1 Å². The third-order valence-electron chi connectivity index (χ3n) is 4.30. The van der Waals surface area contributed by atoms with Gasteiger partial charge < -0.3 is 5.11 Å². The van der Waals surface area contributed by atoms with Gasteiger partial charge in [-0.05, 0) is 42.0 Å². The second-order valence-electron chi connectivity index (χ2n) is 5.95. The van der Waals surface area contributed by atoms with Gasteiger partial charge in [0, 0.05) is 10.6 Å². The van der Waals surface area contributed by atoms with Crippen molar-refractivity contribution in [2.75, 3.05) is 4.90 Å². The summed E-state index contributed by atoms with van der Waals surface area (Å²) in [7, 11) is 0. The van der Waals surface area contributed by atoms with Crippen molar-refractivity contribution in [1.29, 1.82) is 0 Å². The zero-order chi connectivity index (χ0) is 19.8. The molecule has 0 aliphatic carbocycles. The number of ketones is 1. The zero-order valence-corrected chi connectivity index (χ0v) is 15.6. The van der Waals surface area contributed by atoms with Crippen LogP contribution in [0.3, 0.4) is 0 Å². The molecular formula is C19H11ClFN3O3S. The van der Waals surface area contributed by atoms with Gasteiger partial charge >= 0.3 is 5.91 Å². The van der Waals surface area contributed by atoms with Crippen LogP contribution in [0, 0.1) is 5.82 Å². The highest BCUT2D eigenvalue weighted by atomic mass is 35.5. The van der Waals surface area contributed by atoms with E-state index in [0.717, 1.165) is 23.5 Å². The fourth-order valence-corrected chi connectivity index (χ4v) is 3.74. The molecule has 2 aromatic carbocycles. The Morgan fingerprint density at radius 1 is 1.11 bits per heavy atom. The summed E-state index contributed by atoms with van der Waals surface area (Å²) in [6, 6.07) is 10.6. The monoisotopic (exact) mass is 415 g/mol. The molecule has 1 atom stereocenters. The number of hydrogen-bond donors (Lipinski definition) is 1. The summed E-state index contributed by atoms with van der Waals surface area (Å²) < 4.78 is 13.2. The Labute approximate surface area is 167 Å². The normalized spacial score (nSPS) is 18.6. The standard InChI is InChI=1S/C19H11ClFN3O3S/c20-12-5-1-10(2-6-12)15-14(16(25)11-3-7-13(21)8-4-11)17(26)18(27)24(15)19-23-22-9-28-19/h1-9,15,25H. The molecule has 1 unspecified atom stereocenters. The highest BCUT2D eigenvalue weighted by Gasteiger charge is 2.48. The van der Waals surface area contributed by atoms with Gasteiger partial charge in [-0.2, -0.15) is 0 Å². The van der Waals surface area contributed by atoms with Gasteiger partial charge in [0.2, 0.25) is 5.13 Å². The molecule has 1 fully saturated rings. The number of benzene rings is 2. The molecule has 1 aliphatic rings. The van der Waals surface area contributed by atoms with Gasteiger partial charge in [-0.25, -0.2) is 4.39 Å². The number of Topliss-reactive ketones (excluding diaryl/α,β-unsaturated/α-hetero) is 1. The number of hydrogen-bond acceptors (Lipinski definition) is 6. The molecule has 0 bridgehead atoms. The van der Waals surface area contributed by atoms with E-state index in [-0.39, 0.29) is 16.3 Å². The van der Waals surface area contributed by atoms with E-state index in [1.807, 2.05) is 0 Å². The van der Waals surface area contributed by atoms with Gasteiger partial charge in [0.1, 0.15) is 17.1 Å². The lowest BCUT2D eigenvalue weighted by atomic mass is 9.95. The number of aliphatic hydroxyl groups is 1. The molecular weight excluding hydrogens is 405 g/mol. The third kappa shape index (κ3) is 3.06. The van der Waals surface area contributed by atoms with Crippen molar-refractivity contribution in [2.24, 2.45) is 0 Å². The van der Waals surface area contributed by atoms with E-state index >= 15 is 0 Å². The smallest absolute Gasteiger partial charge is 0.301 e. The average molecular weight is 416 g/mol. The second kappa shape index (κ2) is 7.14. The van der Waals surface area contributed by atoms with Crippen LogP contribution in [0.25, 0.3) is 5.76 Å². The Morgan fingerprint density at radius 3 is 2.39 bits per heavy atom. The Balaban J connectivity index is 1.93.